The number of carbonyl (C=O) groups excluding carboxylic acids is 3. The molecule has 33 heavy (non-hydrogen) atoms. The van der Waals surface area contributed by atoms with Crippen molar-refractivity contribution >= 4 is 23.4 Å². The summed E-state index contributed by atoms with van der Waals surface area (Å²) in [5, 5.41) is 2.97. The molecule has 3 amide bonds. The van der Waals surface area contributed by atoms with E-state index in [-0.39, 0.29) is 17.7 Å². The van der Waals surface area contributed by atoms with Gasteiger partial charge in [-0.1, -0.05) is 30.3 Å². The quantitative estimate of drug-likeness (QED) is 0.701. The number of hydrogen-bond donors (Lipinski definition) is 1. The molecule has 8 nitrogen and oxygen atoms in total. The molecule has 172 valence electrons. The minimum Gasteiger partial charge on any atom is -0.379 e. The van der Waals surface area contributed by atoms with Gasteiger partial charge in [-0.15, -0.1) is 0 Å². The first kappa shape index (κ1) is 21.6. The third-order valence-electron chi connectivity index (χ3n) is 6.54. The number of nitrogens with zero attached hydrogens (tertiary/aromatic N) is 3. The number of amides is 3. The number of rotatable bonds is 7. The van der Waals surface area contributed by atoms with Gasteiger partial charge in [-0.05, 0) is 24.6 Å². The molecule has 1 fully saturated rings. The highest BCUT2D eigenvalue weighted by atomic mass is 16.5. The summed E-state index contributed by atoms with van der Waals surface area (Å²) in [6.45, 7) is 5.08. The number of morpholine rings is 1. The standard InChI is InChI=1S/C25H28N4O4/c30-22(26-11-13-27-14-16-33-17-15-27)10-5-12-28-23-18-6-1-2-7-19(18)25(32)29(23)21-9-4-3-8-20(21)24(28)31/h1-4,6-9,23H,5,10-17H2,(H,26,30). The lowest BCUT2D eigenvalue weighted by atomic mass is 10.0. The zero-order valence-corrected chi connectivity index (χ0v) is 18.5. The molecule has 0 radical (unpaired) electrons. The first-order valence-corrected chi connectivity index (χ1v) is 11.5. The van der Waals surface area contributed by atoms with Gasteiger partial charge in [-0.2, -0.15) is 0 Å². The van der Waals surface area contributed by atoms with Gasteiger partial charge < -0.3 is 15.0 Å². The van der Waals surface area contributed by atoms with Crippen LogP contribution in [0.5, 0.6) is 0 Å². The summed E-state index contributed by atoms with van der Waals surface area (Å²) in [7, 11) is 0. The van der Waals surface area contributed by atoms with Gasteiger partial charge in [0.1, 0.15) is 6.17 Å². The van der Waals surface area contributed by atoms with Crippen LogP contribution in [0.1, 0.15) is 45.3 Å². The maximum atomic E-state index is 13.4. The van der Waals surface area contributed by atoms with E-state index in [0.29, 0.717) is 42.7 Å². The maximum Gasteiger partial charge on any atom is 0.260 e. The third-order valence-corrected chi connectivity index (χ3v) is 6.54. The Morgan fingerprint density at radius 1 is 0.939 bits per heavy atom. The van der Waals surface area contributed by atoms with Crippen LogP contribution in [-0.2, 0) is 9.53 Å². The fraction of sp³-hybridized carbons (Fsp3) is 0.400. The topological polar surface area (TPSA) is 82.2 Å². The van der Waals surface area contributed by atoms with Crippen molar-refractivity contribution in [1.82, 2.24) is 15.1 Å². The van der Waals surface area contributed by atoms with E-state index in [9.17, 15) is 14.4 Å². The minimum absolute atomic E-state index is 0.0205. The van der Waals surface area contributed by atoms with Crippen molar-refractivity contribution in [1.29, 1.82) is 0 Å². The van der Waals surface area contributed by atoms with Gasteiger partial charge in [0.2, 0.25) is 5.91 Å². The van der Waals surface area contributed by atoms with Crippen molar-refractivity contribution in [3.05, 3.63) is 65.2 Å². The summed E-state index contributed by atoms with van der Waals surface area (Å²) < 4.78 is 5.34. The summed E-state index contributed by atoms with van der Waals surface area (Å²) >= 11 is 0. The van der Waals surface area contributed by atoms with Gasteiger partial charge in [-0.25, -0.2) is 0 Å². The summed E-state index contributed by atoms with van der Waals surface area (Å²) in [4.78, 5) is 44.6. The van der Waals surface area contributed by atoms with E-state index < -0.39 is 6.17 Å². The van der Waals surface area contributed by atoms with Gasteiger partial charge >= 0.3 is 0 Å². The second-order valence-electron chi connectivity index (χ2n) is 8.56. The number of para-hydroxylation sites is 1. The van der Waals surface area contributed by atoms with Crippen LogP contribution in [0, 0.1) is 0 Å². The number of fused-ring (bicyclic) bond motifs is 5. The van der Waals surface area contributed by atoms with Gasteiger partial charge in [0.15, 0.2) is 0 Å². The molecule has 0 spiro atoms. The van der Waals surface area contributed by atoms with Crippen LogP contribution in [0.2, 0.25) is 0 Å². The van der Waals surface area contributed by atoms with Gasteiger partial charge in [0.25, 0.3) is 11.8 Å². The lowest BCUT2D eigenvalue weighted by Crippen LogP contribution is -2.48. The Bertz CT molecular complexity index is 1070. The maximum absolute atomic E-state index is 13.4. The van der Waals surface area contributed by atoms with Crippen molar-refractivity contribution < 1.29 is 19.1 Å². The molecule has 1 atom stereocenters. The Labute approximate surface area is 193 Å². The molecular weight excluding hydrogens is 420 g/mol. The van der Waals surface area contributed by atoms with Gasteiger partial charge in [0.05, 0.1) is 24.5 Å². The number of carbonyl (C=O) groups is 3. The first-order valence-electron chi connectivity index (χ1n) is 11.5. The number of hydrogen-bond acceptors (Lipinski definition) is 5. The van der Waals surface area contributed by atoms with Crippen LogP contribution < -0.4 is 10.2 Å². The molecule has 3 aliphatic heterocycles. The van der Waals surface area contributed by atoms with Crippen LogP contribution in [0.25, 0.3) is 0 Å². The van der Waals surface area contributed by atoms with E-state index in [4.69, 9.17) is 4.74 Å². The Morgan fingerprint density at radius 3 is 2.48 bits per heavy atom. The van der Waals surface area contributed by atoms with Crippen molar-refractivity contribution in [2.75, 3.05) is 50.8 Å². The number of ether oxygens (including phenoxy) is 1. The van der Waals surface area contributed by atoms with Crippen LogP contribution >= 0.6 is 0 Å². The monoisotopic (exact) mass is 448 g/mol. The number of nitrogens with one attached hydrogen (secondary N) is 1. The van der Waals surface area contributed by atoms with Crippen LogP contribution in [0.4, 0.5) is 5.69 Å². The van der Waals surface area contributed by atoms with E-state index in [1.165, 1.54) is 0 Å². The fourth-order valence-electron chi connectivity index (χ4n) is 4.88. The van der Waals surface area contributed by atoms with Crippen molar-refractivity contribution in [3.8, 4) is 0 Å². The molecule has 2 aromatic rings. The Hall–Kier alpha value is -3.23. The average Bonchev–Trinajstić information content (AvgIpc) is 3.14. The van der Waals surface area contributed by atoms with Gasteiger partial charge in [0, 0.05) is 50.3 Å². The molecule has 3 aliphatic rings. The lowest BCUT2D eigenvalue weighted by molar-refractivity contribution is -0.121. The number of benzene rings is 2. The molecule has 1 saturated heterocycles. The second-order valence-corrected chi connectivity index (χ2v) is 8.56. The molecule has 1 N–H and O–H groups in total. The molecule has 1 unspecified atom stereocenters. The highest BCUT2D eigenvalue weighted by Crippen LogP contribution is 2.45. The highest BCUT2D eigenvalue weighted by Gasteiger charge is 2.47. The second kappa shape index (κ2) is 9.33. The zero-order valence-electron chi connectivity index (χ0n) is 18.5. The third kappa shape index (κ3) is 4.12. The highest BCUT2D eigenvalue weighted by molar-refractivity contribution is 6.16. The fourth-order valence-corrected chi connectivity index (χ4v) is 4.88. The van der Waals surface area contributed by atoms with Gasteiger partial charge in [-0.3, -0.25) is 24.2 Å². The molecule has 0 aromatic heterocycles. The van der Waals surface area contributed by atoms with Crippen LogP contribution in [-0.4, -0.2) is 73.5 Å². The smallest absolute Gasteiger partial charge is 0.260 e. The molecule has 3 heterocycles. The minimum atomic E-state index is -0.472. The van der Waals surface area contributed by atoms with Crippen LogP contribution in [0.3, 0.4) is 0 Å². The van der Waals surface area contributed by atoms with Crippen LogP contribution in [0.15, 0.2) is 48.5 Å². The predicted molar refractivity (Wildman–Crippen MR) is 123 cm³/mol. The van der Waals surface area contributed by atoms with Crippen molar-refractivity contribution in [2.24, 2.45) is 0 Å². The Kier molecular flexibility index (Phi) is 6.11. The molecule has 0 saturated carbocycles. The number of anilines is 1. The molecule has 0 bridgehead atoms. The largest absolute Gasteiger partial charge is 0.379 e. The Balaban J connectivity index is 1.24. The summed E-state index contributed by atoms with van der Waals surface area (Å²) in [5.74, 6) is -0.224. The first-order chi connectivity index (χ1) is 16.1. The van der Waals surface area contributed by atoms with E-state index in [2.05, 4.69) is 10.2 Å². The lowest BCUT2D eigenvalue weighted by Gasteiger charge is -2.41. The molecule has 0 aliphatic carbocycles. The molecule has 5 rings (SSSR count). The van der Waals surface area contributed by atoms with Crippen molar-refractivity contribution in [3.63, 3.8) is 0 Å². The van der Waals surface area contributed by atoms with E-state index in [1.54, 1.807) is 15.9 Å². The molecule has 2 aromatic carbocycles. The Morgan fingerprint density at radius 2 is 1.67 bits per heavy atom. The average molecular weight is 449 g/mol. The normalized spacial score (nSPS) is 19.8. The van der Waals surface area contributed by atoms with E-state index in [1.807, 2.05) is 42.5 Å². The molecular formula is C25H28N4O4. The predicted octanol–water partition coefficient (Wildman–Crippen LogP) is 2.03. The van der Waals surface area contributed by atoms with E-state index >= 15 is 0 Å². The zero-order chi connectivity index (χ0) is 22.8. The molecule has 8 heteroatoms. The summed E-state index contributed by atoms with van der Waals surface area (Å²) in [6, 6.07) is 14.7. The summed E-state index contributed by atoms with van der Waals surface area (Å²) in [6.07, 6.45) is 0.384. The van der Waals surface area contributed by atoms with Crippen molar-refractivity contribution in [2.45, 2.75) is 19.0 Å². The summed E-state index contributed by atoms with van der Waals surface area (Å²) in [5.41, 5.74) is 2.62. The SMILES string of the molecule is O=C(CCCN1C(=O)c2ccccc2N2C(=O)c3ccccc3C12)NCCN1CCOCC1. The van der Waals surface area contributed by atoms with E-state index in [0.717, 1.165) is 38.4 Å².